The van der Waals surface area contributed by atoms with Crippen LogP contribution in [0.5, 0.6) is 0 Å². The van der Waals surface area contributed by atoms with Gasteiger partial charge in [0.2, 0.25) is 0 Å². The highest BCUT2D eigenvalue weighted by atomic mass is 32.2. The van der Waals surface area contributed by atoms with E-state index in [4.69, 9.17) is 14.0 Å². The van der Waals surface area contributed by atoms with Gasteiger partial charge in [0, 0.05) is 4.90 Å². The summed E-state index contributed by atoms with van der Waals surface area (Å²) in [6.07, 6.45) is 0.686. The predicted octanol–water partition coefficient (Wildman–Crippen LogP) is 4.90. The monoisotopic (exact) mass is 406 g/mol. The molecular formula is C22H35BO4S. The zero-order chi connectivity index (χ0) is 21.5. The molecule has 0 aromatic heterocycles. The summed E-state index contributed by atoms with van der Waals surface area (Å²) in [6, 6.07) is 6.18. The molecule has 0 radical (unpaired) electrons. The quantitative estimate of drug-likeness (QED) is 0.396. The molecule has 1 fully saturated rings. The molecule has 1 aliphatic rings. The zero-order valence-corrected chi connectivity index (χ0v) is 19.9. The number of carbonyl (C=O) groups excluding carboxylic acids is 1. The van der Waals surface area contributed by atoms with Gasteiger partial charge in [0.05, 0.1) is 11.2 Å². The van der Waals surface area contributed by atoms with Crippen LogP contribution in [-0.2, 0) is 18.8 Å². The highest BCUT2D eigenvalue weighted by Gasteiger charge is 2.51. The van der Waals surface area contributed by atoms with Crippen LogP contribution in [0.3, 0.4) is 0 Å². The minimum absolute atomic E-state index is 0.179. The molecule has 28 heavy (non-hydrogen) atoms. The number of esters is 1. The van der Waals surface area contributed by atoms with Crippen molar-refractivity contribution in [1.29, 1.82) is 0 Å². The minimum Gasteiger partial charge on any atom is -0.459 e. The predicted molar refractivity (Wildman–Crippen MR) is 117 cm³/mol. The Kier molecular flexibility index (Phi) is 6.40. The van der Waals surface area contributed by atoms with Gasteiger partial charge in [-0.1, -0.05) is 19.1 Å². The lowest BCUT2D eigenvalue weighted by molar-refractivity contribution is -0.157. The maximum absolute atomic E-state index is 12.8. The van der Waals surface area contributed by atoms with Gasteiger partial charge in [0.15, 0.2) is 0 Å². The lowest BCUT2D eigenvalue weighted by atomic mass is 9.78. The van der Waals surface area contributed by atoms with Crippen molar-refractivity contribution < 1.29 is 18.8 Å². The number of hydrogen-bond donors (Lipinski definition) is 0. The van der Waals surface area contributed by atoms with E-state index >= 15 is 0 Å². The van der Waals surface area contributed by atoms with Crippen molar-refractivity contribution in [2.75, 3.05) is 0 Å². The molecule has 2 rings (SSSR count). The number of aryl methyl sites for hydroxylation is 1. The van der Waals surface area contributed by atoms with Crippen molar-refractivity contribution in [2.24, 2.45) is 0 Å². The number of benzene rings is 1. The number of carbonyl (C=O) groups is 1. The smallest absolute Gasteiger partial charge is 0.459 e. The van der Waals surface area contributed by atoms with Gasteiger partial charge in [0.25, 0.3) is 0 Å². The van der Waals surface area contributed by atoms with Gasteiger partial charge in [-0.05, 0) is 85.8 Å². The van der Waals surface area contributed by atoms with E-state index in [2.05, 4.69) is 46.8 Å². The Hall–Kier alpha value is -0.975. The molecule has 156 valence electrons. The minimum atomic E-state index is -0.635. The largest absolute Gasteiger partial charge is 0.494 e. The molecule has 0 amide bonds. The first-order valence-corrected chi connectivity index (χ1v) is 10.8. The summed E-state index contributed by atoms with van der Waals surface area (Å²) in [5.41, 5.74) is 0.868. The summed E-state index contributed by atoms with van der Waals surface area (Å²) in [4.78, 5) is 13.8. The van der Waals surface area contributed by atoms with Crippen molar-refractivity contribution in [1.82, 2.24) is 0 Å². The highest BCUT2D eigenvalue weighted by Crippen LogP contribution is 2.40. The molecule has 1 aromatic carbocycles. The van der Waals surface area contributed by atoms with Gasteiger partial charge in [0.1, 0.15) is 10.3 Å². The molecule has 4 nitrogen and oxygen atoms in total. The van der Waals surface area contributed by atoms with E-state index in [-0.39, 0.29) is 24.3 Å². The first-order chi connectivity index (χ1) is 12.6. The van der Waals surface area contributed by atoms with Crippen LogP contribution in [0.25, 0.3) is 0 Å². The van der Waals surface area contributed by atoms with E-state index in [1.165, 1.54) is 0 Å². The standard InChI is InChI=1S/C22H35BO4S/c1-11-22(10,18(24)25-19(3,4)5)28-17-13-12-16(14-15(17)2)23-26-20(6,7)21(8,9)27-23/h12-14H,11H2,1-10H3. The van der Waals surface area contributed by atoms with E-state index in [0.29, 0.717) is 6.42 Å². The van der Waals surface area contributed by atoms with Crippen LogP contribution in [0.2, 0.25) is 0 Å². The van der Waals surface area contributed by atoms with Crippen molar-refractivity contribution in [3.05, 3.63) is 23.8 Å². The zero-order valence-electron chi connectivity index (χ0n) is 19.1. The fourth-order valence-electron chi connectivity index (χ4n) is 2.80. The highest BCUT2D eigenvalue weighted by molar-refractivity contribution is 8.01. The second-order valence-corrected chi connectivity index (χ2v) is 11.3. The molecule has 1 heterocycles. The summed E-state index contributed by atoms with van der Waals surface area (Å²) in [6.45, 7) is 19.9. The molecule has 1 aromatic rings. The van der Waals surface area contributed by atoms with Crippen LogP contribution >= 0.6 is 11.8 Å². The third-order valence-electron chi connectivity index (χ3n) is 5.56. The molecule has 0 aliphatic carbocycles. The normalized spacial score (nSPS) is 20.7. The maximum Gasteiger partial charge on any atom is 0.494 e. The molecule has 1 saturated heterocycles. The average molecular weight is 406 g/mol. The van der Waals surface area contributed by atoms with Crippen LogP contribution < -0.4 is 5.46 Å². The van der Waals surface area contributed by atoms with Gasteiger partial charge in [-0.3, -0.25) is 4.79 Å². The lowest BCUT2D eigenvalue weighted by Crippen LogP contribution is -2.41. The van der Waals surface area contributed by atoms with Gasteiger partial charge in [-0.25, -0.2) is 0 Å². The van der Waals surface area contributed by atoms with Crippen LogP contribution in [0.4, 0.5) is 0 Å². The fraction of sp³-hybridized carbons (Fsp3) is 0.682. The van der Waals surface area contributed by atoms with Crippen molar-refractivity contribution in [3.8, 4) is 0 Å². The maximum atomic E-state index is 12.8. The molecular weight excluding hydrogens is 371 g/mol. The number of ether oxygens (including phenoxy) is 1. The van der Waals surface area contributed by atoms with Crippen LogP contribution in [0, 0.1) is 6.92 Å². The van der Waals surface area contributed by atoms with E-state index in [1.54, 1.807) is 11.8 Å². The topological polar surface area (TPSA) is 44.8 Å². The summed E-state index contributed by atoms with van der Waals surface area (Å²) in [7, 11) is -0.383. The molecule has 0 N–H and O–H groups in total. The van der Waals surface area contributed by atoms with Crippen molar-refractivity contribution in [3.63, 3.8) is 0 Å². The summed E-state index contributed by atoms with van der Waals surface area (Å²) < 4.78 is 17.3. The van der Waals surface area contributed by atoms with Crippen molar-refractivity contribution >= 4 is 30.3 Å². The first-order valence-electron chi connectivity index (χ1n) is 9.99. The lowest BCUT2D eigenvalue weighted by Gasteiger charge is -2.32. The molecule has 1 aliphatic heterocycles. The molecule has 1 unspecified atom stereocenters. The molecule has 0 bridgehead atoms. The van der Waals surface area contributed by atoms with E-state index in [0.717, 1.165) is 15.9 Å². The Morgan fingerprint density at radius 1 is 1.11 bits per heavy atom. The summed E-state index contributed by atoms with van der Waals surface area (Å²) >= 11 is 1.56. The van der Waals surface area contributed by atoms with Gasteiger partial charge in [-0.15, -0.1) is 11.8 Å². The van der Waals surface area contributed by atoms with Crippen LogP contribution in [-0.4, -0.2) is 34.6 Å². The van der Waals surface area contributed by atoms with E-state index in [1.807, 2.05) is 40.7 Å². The summed E-state index contributed by atoms with van der Waals surface area (Å²) in [5, 5.41) is 0. The van der Waals surface area contributed by atoms with Crippen LogP contribution in [0.15, 0.2) is 23.1 Å². The van der Waals surface area contributed by atoms with E-state index < -0.39 is 10.3 Å². The summed E-state index contributed by atoms with van der Waals surface area (Å²) in [5.74, 6) is -0.179. The Morgan fingerprint density at radius 2 is 1.64 bits per heavy atom. The Morgan fingerprint density at radius 3 is 2.07 bits per heavy atom. The average Bonchev–Trinajstić information content (AvgIpc) is 2.75. The van der Waals surface area contributed by atoms with Gasteiger partial charge < -0.3 is 14.0 Å². The number of thioether (sulfide) groups is 1. The number of rotatable bonds is 5. The first kappa shape index (κ1) is 23.3. The third kappa shape index (κ3) is 4.95. The van der Waals surface area contributed by atoms with Gasteiger partial charge in [-0.2, -0.15) is 0 Å². The SMILES string of the molecule is CCC(C)(Sc1ccc(B2OC(C)(C)C(C)(C)O2)cc1C)C(=O)OC(C)(C)C. The molecule has 0 spiro atoms. The fourth-order valence-corrected chi connectivity index (χ4v) is 3.91. The van der Waals surface area contributed by atoms with Gasteiger partial charge >= 0.3 is 13.1 Å². The Balaban J connectivity index is 2.21. The van der Waals surface area contributed by atoms with Crippen molar-refractivity contribution in [2.45, 2.75) is 102 Å². The third-order valence-corrected chi connectivity index (χ3v) is 7.15. The van der Waals surface area contributed by atoms with Crippen LogP contribution in [0.1, 0.15) is 74.3 Å². The molecule has 6 heteroatoms. The Labute approximate surface area is 175 Å². The molecule has 0 saturated carbocycles. The molecule has 1 atom stereocenters. The Bertz CT molecular complexity index is 723. The second-order valence-electron chi connectivity index (χ2n) is 9.80. The van der Waals surface area contributed by atoms with E-state index in [9.17, 15) is 4.79 Å². The second kappa shape index (κ2) is 7.69. The number of hydrogen-bond acceptors (Lipinski definition) is 5.